The van der Waals surface area contributed by atoms with Crippen LogP contribution in [0.1, 0.15) is 0 Å². The van der Waals surface area contributed by atoms with Gasteiger partial charge in [0.15, 0.2) is 52.4 Å². The molecule has 4 aromatic heterocycles. The van der Waals surface area contributed by atoms with Crippen molar-refractivity contribution in [2.45, 2.75) is 0 Å². The van der Waals surface area contributed by atoms with Crippen molar-refractivity contribution in [2.75, 3.05) is 0 Å². The van der Waals surface area contributed by atoms with Gasteiger partial charge in [0.25, 0.3) is 0 Å². The normalized spacial score (nSPS) is 11.0. The average molecular weight is 420 g/mol. The first-order valence-electron chi connectivity index (χ1n) is 8.02. The van der Waals surface area contributed by atoms with Crippen LogP contribution in [0.15, 0.2) is 36.8 Å². The van der Waals surface area contributed by atoms with Gasteiger partial charge in [0, 0.05) is 18.2 Å². The van der Waals surface area contributed by atoms with Gasteiger partial charge in [-0.3, -0.25) is 0 Å². The average Bonchev–Trinajstić information content (AvgIpc) is 2.73. The van der Waals surface area contributed by atoms with Crippen LogP contribution in [-0.4, -0.2) is 29.9 Å². The van der Waals surface area contributed by atoms with Gasteiger partial charge < -0.3 is 0 Å². The van der Waals surface area contributed by atoms with E-state index in [9.17, 15) is 26.3 Å². The second-order valence-electron chi connectivity index (χ2n) is 5.76. The standard InChI is InChI=1S/C18H6F6N6/c19-7-1-13(25-4-10(7)22)16-28-17(14-2-8(20)11(23)5-26-14)30-18(29-16)15-3-9(21)12(24)6-27-15/h1-6H. The predicted octanol–water partition coefficient (Wildman–Crippen LogP) is 3.89. The number of halogens is 6. The lowest BCUT2D eigenvalue weighted by atomic mass is 10.2. The molecule has 4 aromatic rings. The highest BCUT2D eigenvalue weighted by molar-refractivity contribution is 5.61. The molecule has 0 unspecified atom stereocenters. The zero-order valence-corrected chi connectivity index (χ0v) is 14.4. The molecule has 0 aliphatic heterocycles. The van der Waals surface area contributed by atoms with Crippen molar-refractivity contribution in [3.05, 3.63) is 71.7 Å². The molecule has 0 saturated carbocycles. The Morgan fingerprint density at radius 3 is 0.900 bits per heavy atom. The van der Waals surface area contributed by atoms with Gasteiger partial charge >= 0.3 is 0 Å². The van der Waals surface area contributed by atoms with Crippen LogP contribution >= 0.6 is 0 Å². The third-order valence-corrected chi connectivity index (χ3v) is 3.75. The van der Waals surface area contributed by atoms with Crippen molar-refractivity contribution in [3.63, 3.8) is 0 Å². The third-order valence-electron chi connectivity index (χ3n) is 3.75. The minimum absolute atomic E-state index is 0.246. The zero-order chi connectivity index (χ0) is 21.4. The first-order valence-corrected chi connectivity index (χ1v) is 8.02. The Morgan fingerprint density at radius 1 is 0.400 bits per heavy atom. The number of aromatic nitrogens is 6. The van der Waals surface area contributed by atoms with E-state index in [4.69, 9.17) is 0 Å². The van der Waals surface area contributed by atoms with Crippen LogP contribution in [0.2, 0.25) is 0 Å². The Balaban J connectivity index is 1.94. The summed E-state index contributed by atoms with van der Waals surface area (Å²) in [4.78, 5) is 22.9. The van der Waals surface area contributed by atoms with E-state index >= 15 is 0 Å². The summed E-state index contributed by atoms with van der Waals surface area (Å²) in [6, 6.07) is 2.07. The summed E-state index contributed by atoms with van der Waals surface area (Å²) in [6.07, 6.45) is 1.75. The molecule has 0 bridgehead atoms. The predicted molar refractivity (Wildman–Crippen MR) is 89.3 cm³/mol. The van der Waals surface area contributed by atoms with E-state index in [0.717, 1.165) is 0 Å². The number of pyridine rings is 3. The first kappa shape index (κ1) is 19.4. The molecule has 12 heteroatoms. The van der Waals surface area contributed by atoms with Crippen molar-refractivity contribution in [1.29, 1.82) is 0 Å². The molecule has 0 radical (unpaired) electrons. The largest absolute Gasteiger partial charge is 0.250 e. The SMILES string of the molecule is Fc1cnc(-c2nc(-c3cc(F)c(F)cn3)nc(-c3cc(F)c(F)cn3)n2)cc1F. The highest BCUT2D eigenvalue weighted by Gasteiger charge is 2.18. The Labute approximate surface area is 163 Å². The Bertz CT molecular complexity index is 1110. The molecule has 0 fully saturated rings. The van der Waals surface area contributed by atoms with E-state index < -0.39 is 34.9 Å². The maximum Gasteiger partial charge on any atom is 0.182 e. The molecule has 0 spiro atoms. The van der Waals surface area contributed by atoms with Crippen LogP contribution < -0.4 is 0 Å². The molecule has 30 heavy (non-hydrogen) atoms. The van der Waals surface area contributed by atoms with E-state index in [-0.39, 0.29) is 34.6 Å². The Morgan fingerprint density at radius 2 is 0.667 bits per heavy atom. The molecule has 0 atom stereocenters. The van der Waals surface area contributed by atoms with Crippen LogP contribution in [0.4, 0.5) is 26.3 Å². The minimum Gasteiger partial charge on any atom is -0.250 e. The van der Waals surface area contributed by atoms with Gasteiger partial charge in [-0.05, 0) is 0 Å². The van der Waals surface area contributed by atoms with Gasteiger partial charge in [0.05, 0.1) is 18.6 Å². The van der Waals surface area contributed by atoms with Crippen molar-refractivity contribution in [2.24, 2.45) is 0 Å². The lowest BCUT2D eigenvalue weighted by Crippen LogP contribution is -2.04. The second-order valence-corrected chi connectivity index (χ2v) is 5.76. The molecule has 0 amide bonds. The van der Waals surface area contributed by atoms with Gasteiger partial charge in [-0.15, -0.1) is 0 Å². The molecular formula is C18H6F6N6. The van der Waals surface area contributed by atoms with E-state index in [1.165, 1.54) is 0 Å². The lowest BCUT2D eigenvalue weighted by molar-refractivity contribution is 0.504. The van der Waals surface area contributed by atoms with Crippen molar-refractivity contribution in [3.8, 4) is 34.6 Å². The van der Waals surface area contributed by atoms with Crippen molar-refractivity contribution >= 4 is 0 Å². The molecular weight excluding hydrogens is 414 g/mol. The van der Waals surface area contributed by atoms with Gasteiger partial charge in [0.1, 0.15) is 17.1 Å². The molecule has 6 nitrogen and oxygen atoms in total. The molecule has 0 aliphatic carbocycles. The summed E-state index contributed by atoms with van der Waals surface area (Å²) in [6.45, 7) is 0. The zero-order valence-electron chi connectivity index (χ0n) is 14.4. The summed E-state index contributed by atoms with van der Waals surface area (Å²) in [5.74, 6) is -8.40. The molecule has 4 rings (SSSR count). The lowest BCUT2D eigenvalue weighted by Gasteiger charge is -2.07. The fourth-order valence-electron chi connectivity index (χ4n) is 2.33. The van der Waals surface area contributed by atoms with Crippen LogP contribution in [0, 0.1) is 34.9 Å². The van der Waals surface area contributed by atoms with Crippen molar-refractivity contribution in [1.82, 2.24) is 29.9 Å². The third kappa shape index (κ3) is 3.66. The summed E-state index contributed by atoms with van der Waals surface area (Å²) < 4.78 is 80.4. The van der Waals surface area contributed by atoms with Gasteiger partial charge in [-0.1, -0.05) is 0 Å². The summed E-state index contributed by atoms with van der Waals surface area (Å²) >= 11 is 0. The smallest absolute Gasteiger partial charge is 0.182 e. The highest BCUT2D eigenvalue weighted by Crippen LogP contribution is 2.24. The minimum atomic E-state index is -1.25. The van der Waals surface area contributed by atoms with E-state index in [2.05, 4.69) is 29.9 Å². The van der Waals surface area contributed by atoms with Gasteiger partial charge in [-0.2, -0.15) is 0 Å². The number of rotatable bonds is 3. The molecule has 0 aliphatic rings. The van der Waals surface area contributed by atoms with Crippen LogP contribution in [0.5, 0.6) is 0 Å². The van der Waals surface area contributed by atoms with Crippen LogP contribution in [0.3, 0.4) is 0 Å². The Hall–Kier alpha value is -3.96. The van der Waals surface area contributed by atoms with E-state index in [1.54, 1.807) is 0 Å². The summed E-state index contributed by atoms with van der Waals surface area (Å²) in [7, 11) is 0. The van der Waals surface area contributed by atoms with E-state index in [0.29, 0.717) is 36.8 Å². The molecule has 0 aromatic carbocycles. The summed E-state index contributed by atoms with van der Waals surface area (Å²) in [5.41, 5.74) is -0.739. The number of nitrogens with zero attached hydrogens (tertiary/aromatic N) is 6. The Kier molecular flexibility index (Phi) is 4.82. The second kappa shape index (κ2) is 7.46. The topological polar surface area (TPSA) is 77.3 Å². The van der Waals surface area contributed by atoms with Gasteiger partial charge in [0.2, 0.25) is 0 Å². The molecule has 150 valence electrons. The fourth-order valence-corrected chi connectivity index (χ4v) is 2.33. The summed E-state index contributed by atoms with van der Waals surface area (Å²) in [5, 5.41) is 0. The first-order chi connectivity index (χ1) is 14.3. The molecule has 0 saturated heterocycles. The maximum absolute atomic E-state index is 13.6. The number of hydrogen-bond donors (Lipinski definition) is 0. The van der Waals surface area contributed by atoms with Crippen LogP contribution in [0.25, 0.3) is 34.6 Å². The quantitative estimate of drug-likeness (QED) is 0.468. The molecule has 4 heterocycles. The molecule has 0 N–H and O–H groups in total. The number of hydrogen-bond acceptors (Lipinski definition) is 6. The highest BCUT2D eigenvalue weighted by atomic mass is 19.2. The maximum atomic E-state index is 13.6. The van der Waals surface area contributed by atoms with Crippen molar-refractivity contribution < 1.29 is 26.3 Å². The van der Waals surface area contributed by atoms with Gasteiger partial charge in [-0.25, -0.2) is 56.2 Å². The van der Waals surface area contributed by atoms with E-state index in [1.807, 2.05) is 0 Å². The van der Waals surface area contributed by atoms with Crippen LogP contribution in [-0.2, 0) is 0 Å². The monoisotopic (exact) mass is 420 g/mol. The fraction of sp³-hybridized carbons (Fsp3) is 0.